The average molecular weight is 247 g/mol. The van der Waals surface area contributed by atoms with Gasteiger partial charge in [0.2, 0.25) is 0 Å². The van der Waals surface area contributed by atoms with Gasteiger partial charge in [-0.05, 0) is 38.1 Å². The van der Waals surface area contributed by atoms with Crippen LogP contribution in [-0.4, -0.2) is 16.5 Å². The molecule has 0 radical (unpaired) electrons. The molecule has 3 nitrogen and oxygen atoms in total. The molecule has 17 heavy (non-hydrogen) atoms. The first-order valence-electron chi connectivity index (χ1n) is 5.82. The van der Waals surface area contributed by atoms with Gasteiger partial charge in [0.05, 0.1) is 11.4 Å². The molecule has 0 bridgehead atoms. The molecule has 2 heterocycles. The number of thiazole rings is 1. The summed E-state index contributed by atoms with van der Waals surface area (Å²) in [6.45, 7) is 7.26. The van der Waals surface area contributed by atoms with Crippen molar-refractivity contribution in [3.05, 3.63) is 35.0 Å². The summed E-state index contributed by atoms with van der Waals surface area (Å²) in [4.78, 5) is 8.99. The minimum atomic E-state index is 0.301. The maximum Gasteiger partial charge on any atom is 0.142 e. The van der Waals surface area contributed by atoms with E-state index in [4.69, 9.17) is 0 Å². The Kier molecular flexibility index (Phi) is 3.86. The molecule has 0 spiro atoms. The molecule has 1 atom stereocenters. The molecule has 0 aliphatic rings. The molecule has 2 aromatic heterocycles. The minimum Gasteiger partial charge on any atom is -0.309 e. The Balaban J connectivity index is 2.23. The summed E-state index contributed by atoms with van der Waals surface area (Å²) in [6, 6.07) is 4.37. The molecule has 2 rings (SSSR count). The molecule has 0 saturated heterocycles. The highest BCUT2D eigenvalue weighted by atomic mass is 32.1. The van der Waals surface area contributed by atoms with Crippen LogP contribution in [-0.2, 0) is 0 Å². The first kappa shape index (κ1) is 12.2. The van der Waals surface area contributed by atoms with Crippen LogP contribution >= 0.6 is 11.3 Å². The molecule has 0 amide bonds. The summed E-state index contributed by atoms with van der Waals surface area (Å²) in [5, 5.41) is 6.46. The van der Waals surface area contributed by atoms with E-state index in [1.165, 1.54) is 5.56 Å². The van der Waals surface area contributed by atoms with Crippen LogP contribution in [0.3, 0.4) is 0 Å². The lowest BCUT2D eigenvalue weighted by Gasteiger charge is -2.08. The van der Waals surface area contributed by atoms with Crippen LogP contribution in [0.25, 0.3) is 10.7 Å². The Morgan fingerprint density at radius 3 is 3.00 bits per heavy atom. The number of aryl methyl sites for hydroxylation is 1. The molecule has 0 aromatic carbocycles. The lowest BCUT2D eigenvalue weighted by molar-refractivity contribution is 0.587. The third-order valence-electron chi connectivity index (χ3n) is 2.61. The molecular weight excluding hydrogens is 230 g/mol. The Labute approximate surface area is 106 Å². The van der Waals surface area contributed by atoms with Crippen molar-refractivity contribution in [2.45, 2.75) is 26.8 Å². The topological polar surface area (TPSA) is 37.8 Å². The second-order valence-corrected chi connectivity index (χ2v) is 4.93. The highest BCUT2D eigenvalue weighted by molar-refractivity contribution is 7.13. The van der Waals surface area contributed by atoms with Crippen LogP contribution in [0, 0.1) is 6.92 Å². The van der Waals surface area contributed by atoms with E-state index in [-0.39, 0.29) is 0 Å². The number of hydrogen-bond acceptors (Lipinski definition) is 4. The zero-order valence-electron chi connectivity index (χ0n) is 10.4. The normalized spacial score (nSPS) is 12.6. The zero-order chi connectivity index (χ0) is 12.3. The fourth-order valence-corrected chi connectivity index (χ4v) is 2.55. The summed E-state index contributed by atoms with van der Waals surface area (Å²) in [5.41, 5.74) is 3.27. The fourth-order valence-electron chi connectivity index (χ4n) is 1.67. The van der Waals surface area contributed by atoms with Gasteiger partial charge >= 0.3 is 0 Å². The molecule has 4 heteroatoms. The Bertz CT molecular complexity index is 493. The fraction of sp³-hybridized carbons (Fsp3) is 0.385. The van der Waals surface area contributed by atoms with Gasteiger partial charge in [-0.1, -0.05) is 6.92 Å². The van der Waals surface area contributed by atoms with E-state index < -0.39 is 0 Å². The smallest absolute Gasteiger partial charge is 0.142 e. The first-order chi connectivity index (χ1) is 8.20. The molecule has 0 saturated carbocycles. The Morgan fingerprint density at radius 2 is 2.29 bits per heavy atom. The minimum absolute atomic E-state index is 0.301. The van der Waals surface area contributed by atoms with Gasteiger partial charge < -0.3 is 5.32 Å². The molecule has 0 aliphatic carbocycles. The van der Waals surface area contributed by atoms with Crippen molar-refractivity contribution in [2.24, 2.45) is 0 Å². The Morgan fingerprint density at radius 1 is 1.47 bits per heavy atom. The van der Waals surface area contributed by atoms with E-state index in [1.54, 1.807) is 11.3 Å². The lowest BCUT2D eigenvalue weighted by Crippen LogP contribution is -2.17. The second kappa shape index (κ2) is 5.38. The van der Waals surface area contributed by atoms with Gasteiger partial charge in [-0.2, -0.15) is 0 Å². The van der Waals surface area contributed by atoms with Gasteiger partial charge in [0.1, 0.15) is 5.01 Å². The van der Waals surface area contributed by atoms with Crippen LogP contribution in [0.1, 0.15) is 31.1 Å². The van der Waals surface area contributed by atoms with E-state index in [0.29, 0.717) is 6.04 Å². The first-order valence-corrected chi connectivity index (χ1v) is 6.70. The standard InChI is InChI=1S/C13H17N3S/c1-4-14-10(3)12-8-17-13(16-12)11-7-9(2)5-6-15-11/h5-8,10,14H,4H2,1-3H3. The number of nitrogens with zero attached hydrogens (tertiary/aromatic N) is 2. The van der Waals surface area contributed by atoms with Crippen molar-refractivity contribution in [3.63, 3.8) is 0 Å². The van der Waals surface area contributed by atoms with Crippen LogP contribution in [0.4, 0.5) is 0 Å². The number of hydrogen-bond donors (Lipinski definition) is 1. The third-order valence-corrected chi connectivity index (χ3v) is 3.49. The summed E-state index contributed by atoms with van der Waals surface area (Å²) in [6.07, 6.45) is 1.83. The highest BCUT2D eigenvalue weighted by Gasteiger charge is 2.10. The summed E-state index contributed by atoms with van der Waals surface area (Å²) in [5.74, 6) is 0. The van der Waals surface area contributed by atoms with Crippen LogP contribution in [0.2, 0.25) is 0 Å². The van der Waals surface area contributed by atoms with Gasteiger partial charge in [0.25, 0.3) is 0 Å². The largest absolute Gasteiger partial charge is 0.309 e. The monoisotopic (exact) mass is 247 g/mol. The van der Waals surface area contributed by atoms with Gasteiger partial charge in [-0.25, -0.2) is 4.98 Å². The predicted octanol–water partition coefficient (Wildman–Crippen LogP) is 3.18. The summed E-state index contributed by atoms with van der Waals surface area (Å²) in [7, 11) is 0. The lowest BCUT2D eigenvalue weighted by atomic mass is 10.2. The predicted molar refractivity (Wildman–Crippen MR) is 72.2 cm³/mol. The molecule has 1 N–H and O–H groups in total. The SMILES string of the molecule is CCNC(C)c1csc(-c2cc(C)ccn2)n1. The van der Waals surface area contributed by atoms with Gasteiger partial charge in [-0.3, -0.25) is 4.98 Å². The quantitative estimate of drug-likeness (QED) is 0.901. The number of rotatable bonds is 4. The summed E-state index contributed by atoms with van der Waals surface area (Å²) < 4.78 is 0. The van der Waals surface area contributed by atoms with Crippen molar-refractivity contribution in [2.75, 3.05) is 6.54 Å². The molecule has 2 aromatic rings. The highest BCUT2D eigenvalue weighted by Crippen LogP contribution is 2.25. The zero-order valence-corrected chi connectivity index (χ0v) is 11.2. The van der Waals surface area contributed by atoms with Crippen molar-refractivity contribution in [3.8, 4) is 10.7 Å². The molecule has 0 fully saturated rings. The van der Waals surface area contributed by atoms with Crippen LogP contribution < -0.4 is 5.32 Å². The van der Waals surface area contributed by atoms with Crippen LogP contribution in [0.15, 0.2) is 23.7 Å². The number of pyridine rings is 1. The maximum atomic E-state index is 4.63. The van der Waals surface area contributed by atoms with E-state index >= 15 is 0 Å². The van der Waals surface area contributed by atoms with Crippen molar-refractivity contribution < 1.29 is 0 Å². The van der Waals surface area contributed by atoms with E-state index in [9.17, 15) is 0 Å². The Hall–Kier alpha value is -1.26. The molecule has 1 unspecified atom stereocenters. The van der Waals surface area contributed by atoms with Crippen molar-refractivity contribution in [1.29, 1.82) is 0 Å². The van der Waals surface area contributed by atoms with E-state index in [0.717, 1.165) is 22.9 Å². The van der Waals surface area contributed by atoms with Crippen LogP contribution in [0.5, 0.6) is 0 Å². The molecular formula is C13H17N3S. The average Bonchev–Trinajstić information content (AvgIpc) is 2.78. The second-order valence-electron chi connectivity index (χ2n) is 4.08. The van der Waals surface area contributed by atoms with Crippen molar-refractivity contribution >= 4 is 11.3 Å². The molecule has 0 aliphatic heterocycles. The van der Waals surface area contributed by atoms with Crippen molar-refractivity contribution in [1.82, 2.24) is 15.3 Å². The van der Waals surface area contributed by atoms with E-state index in [2.05, 4.69) is 47.5 Å². The van der Waals surface area contributed by atoms with Gasteiger partial charge in [0.15, 0.2) is 0 Å². The maximum absolute atomic E-state index is 4.63. The third kappa shape index (κ3) is 2.90. The summed E-state index contributed by atoms with van der Waals surface area (Å²) >= 11 is 1.65. The van der Waals surface area contributed by atoms with E-state index in [1.807, 2.05) is 12.3 Å². The van der Waals surface area contributed by atoms with Gasteiger partial charge in [-0.15, -0.1) is 11.3 Å². The molecule has 90 valence electrons. The van der Waals surface area contributed by atoms with Gasteiger partial charge in [0, 0.05) is 17.6 Å². The number of aromatic nitrogens is 2. The number of nitrogens with one attached hydrogen (secondary N) is 1.